The lowest BCUT2D eigenvalue weighted by molar-refractivity contribution is 0.0916. The van der Waals surface area contributed by atoms with E-state index >= 15 is 0 Å². The fraction of sp³-hybridized carbons (Fsp3) is 0.538. The maximum Gasteiger partial charge on any atom is 0.269 e. The second kappa shape index (κ2) is 6.85. The number of hydrogen-bond acceptors (Lipinski definition) is 3. The molecule has 0 unspecified atom stereocenters. The number of carbonyl (C=O) groups excluding carboxylic acids is 1. The van der Waals surface area contributed by atoms with Gasteiger partial charge in [-0.15, -0.1) is 0 Å². The van der Waals surface area contributed by atoms with Crippen molar-refractivity contribution >= 4 is 21.8 Å². The molecule has 1 aromatic rings. The number of hydrogen-bond donors (Lipinski definition) is 1. The number of nitrogens with one attached hydrogen (secondary N) is 1. The minimum atomic E-state index is -0.145. The lowest BCUT2D eigenvalue weighted by Gasteiger charge is -2.24. The van der Waals surface area contributed by atoms with E-state index in [-0.39, 0.29) is 11.3 Å². The number of pyridine rings is 1. The third-order valence-corrected chi connectivity index (χ3v) is 3.14. The summed E-state index contributed by atoms with van der Waals surface area (Å²) >= 11 is 3.29. The molecule has 0 aliphatic rings. The molecule has 0 aromatic carbocycles. The Bertz CT molecular complexity index is 390. The molecule has 1 amide bonds. The van der Waals surface area contributed by atoms with E-state index in [1.807, 2.05) is 0 Å². The Labute approximate surface area is 116 Å². The second-order valence-electron chi connectivity index (χ2n) is 4.95. The quantitative estimate of drug-likeness (QED) is 0.878. The van der Waals surface area contributed by atoms with Gasteiger partial charge in [0, 0.05) is 30.9 Å². The molecular weight excluding hydrogens is 296 g/mol. The number of aromatic nitrogens is 1. The average Bonchev–Trinajstić information content (AvgIpc) is 2.35. The predicted octanol–water partition coefficient (Wildman–Crippen LogP) is 2.64. The summed E-state index contributed by atoms with van der Waals surface area (Å²) in [6.45, 7) is 5.50. The molecule has 0 saturated carbocycles. The molecule has 0 fully saturated rings. The summed E-state index contributed by atoms with van der Waals surface area (Å²) in [5.74, 6) is -0.145. The minimum absolute atomic E-state index is 0.0149. The lowest BCUT2D eigenvalue weighted by Crippen LogP contribution is -2.35. The van der Waals surface area contributed by atoms with Crippen LogP contribution in [0.3, 0.4) is 0 Å². The Morgan fingerprint density at radius 2 is 2.22 bits per heavy atom. The van der Waals surface area contributed by atoms with Crippen molar-refractivity contribution in [2.75, 3.05) is 20.3 Å². The van der Waals surface area contributed by atoms with Crippen LogP contribution in [0.1, 0.15) is 30.8 Å². The van der Waals surface area contributed by atoms with Crippen LogP contribution in [-0.2, 0) is 4.74 Å². The second-order valence-corrected chi connectivity index (χ2v) is 5.87. The van der Waals surface area contributed by atoms with Crippen LogP contribution in [-0.4, -0.2) is 31.2 Å². The standard InChI is InChI=1S/C13H19BrN2O2/c1-13(2,6-7-18-3)9-16-12(17)11-5-4-10(14)8-15-11/h4-5,8H,6-7,9H2,1-3H3,(H,16,17). The zero-order valence-corrected chi connectivity index (χ0v) is 12.6. The zero-order chi connectivity index (χ0) is 13.6. The molecule has 1 N–H and O–H groups in total. The maximum absolute atomic E-state index is 11.9. The van der Waals surface area contributed by atoms with E-state index in [0.29, 0.717) is 18.8 Å². The number of rotatable bonds is 6. The molecule has 1 aromatic heterocycles. The number of nitrogens with zero attached hydrogens (tertiary/aromatic N) is 1. The first kappa shape index (κ1) is 15.1. The van der Waals surface area contributed by atoms with E-state index in [1.165, 1.54) is 0 Å². The largest absolute Gasteiger partial charge is 0.385 e. The molecule has 1 rings (SSSR count). The van der Waals surface area contributed by atoms with Crippen LogP contribution >= 0.6 is 15.9 Å². The Morgan fingerprint density at radius 1 is 1.50 bits per heavy atom. The van der Waals surface area contributed by atoms with Gasteiger partial charge in [0.1, 0.15) is 5.69 Å². The number of amides is 1. The highest BCUT2D eigenvalue weighted by Crippen LogP contribution is 2.18. The summed E-state index contributed by atoms with van der Waals surface area (Å²) in [6, 6.07) is 3.50. The van der Waals surface area contributed by atoms with Gasteiger partial charge in [0.05, 0.1) is 0 Å². The van der Waals surface area contributed by atoms with Crippen molar-refractivity contribution in [3.05, 3.63) is 28.5 Å². The van der Waals surface area contributed by atoms with Gasteiger partial charge in [0.2, 0.25) is 0 Å². The first-order chi connectivity index (χ1) is 8.44. The Hall–Kier alpha value is -0.940. The molecular formula is C13H19BrN2O2. The third kappa shape index (κ3) is 5.14. The van der Waals surface area contributed by atoms with E-state index < -0.39 is 0 Å². The summed E-state index contributed by atoms with van der Waals surface area (Å²) in [5.41, 5.74) is 0.446. The van der Waals surface area contributed by atoms with Gasteiger partial charge >= 0.3 is 0 Å². The first-order valence-electron chi connectivity index (χ1n) is 5.83. The van der Waals surface area contributed by atoms with Crippen molar-refractivity contribution < 1.29 is 9.53 Å². The van der Waals surface area contributed by atoms with E-state index in [4.69, 9.17) is 4.74 Å². The van der Waals surface area contributed by atoms with Crippen LogP contribution in [0, 0.1) is 5.41 Å². The van der Waals surface area contributed by atoms with Gasteiger partial charge in [-0.05, 0) is 39.9 Å². The monoisotopic (exact) mass is 314 g/mol. The summed E-state index contributed by atoms with van der Waals surface area (Å²) in [7, 11) is 1.68. The zero-order valence-electron chi connectivity index (χ0n) is 11.0. The van der Waals surface area contributed by atoms with Gasteiger partial charge in [0.15, 0.2) is 0 Å². The van der Waals surface area contributed by atoms with Gasteiger partial charge in [-0.25, -0.2) is 4.98 Å². The summed E-state index contributed by atoms with van der Waals surface area (Å²) in [4.78, 5) is 15.9. The van der Waals surface area contributed by atoms with Crippen molar-refractivity contribution in [3.63, 3.8) is 0 Å². The van der Waals surface area contributed by atoms with E-state index in [0.717, 1.165) is 10.9 Å². The van der Waals surface area contributed by atoms with Crippen LogP contribution < -0.4 is 5.32 Å². The van der Waals surface area contributed by atoms with Crippen molar-refractivity contribution in [1.29, 1.82) is 0 Å². The number of halogens is 1. The summed E-state index contributed by atoms with van der Waals surface area (Å²) in [5, 5.41) is 2.90. The highest BCUT2D eigenvalue weighted by Gasteiger charge is 2.19. The highest BCUT2D eigenvalue weighted by atomic mass is 79.9. The van der Waals surface area contributed by atoms with Gasteiger partial charge in [-0.3, -0.25) is 4.79 Å². The first-order valence-corrected chi connectivity index (χ1v) is 6.62. The molecule has 100 valence electrons. The lowest BCUT2D eigenvalue weighted by atomic mass is 9.89. The van der Waals surface area contributed by atoms with E-state index in [1.54, 1.807) is 25.4 Å². The molecule has 0 bridgehead atoms. The molecule has 1 heterocycles. The Balaban J connectivity index is 2.48. The molecule has 0 spiro atoms. The van der Waals surface area contributed by atoms with E-state index in [9.17, 15) is 4.79 Å². The number of methoxy groups -OCH3 is 1. The SMILES string of the molecule is COCCC(C)(C)CNC(=O)c1ccc(Br)cn1. The normalized spacial score (nSPS) is 11.3. The molecule has 0 aliphatic heterocycles. The van der Waals surface area contributed by atoms with Crippen LogP contribution in [0.4, 0.5) is 0 Å². The molecule has 4 nitrogen and oxygen atoms in total. The Kier molecular flexibility index (Phi) is 5.75. The van der Waals surface area contributed by atoms with Gasteiger partial charge in [0.25, 0.3) is 5.91 Å². The Morgan fingerprint density at radius 3 is 2.78 bits per heavy atom. The van der Waals surface area contributed by atoms with Crippen molar-refractivity contribution in [1.82, 2.24) is 10.3 Å². The minimum Gasteiger partial charge on any atom is -0.385 e. The average molecular weight is 315 g/mol. The highest BCUT2D eigenvalue weighted by molar-refractivity contribution is 9.10. The van der Waals surface area contributed by atoms with Gasteiger partial charge in [-0.2, -0.15) is 0 Å². The summed E-state index contributed by atoms with van der Waals surface area (Å²) < 4.78 is 5.91. The van der Waals surface area contributed by atoms with Crippen molar-refractivity contribution in [3.8, 4) is 0 Å². The smallest absolute Gasteiger partial charge is 0.269 e. The van der Waals surface area contributed by atoms with Crippen molar-refractivity contribution in [2.45, 2.75) is 20.3 Å². The predicted molar refractivity (Wildman–Crippen MR) is 74.5 cm³/mol. The number of carbonyl (C=O) groups is 1. The topological polar surface area (TPSA) is 51.2 Å². The molecule has 5 heteroatoms. The fourth-order valence-electron chi connectivity index (χ4n) is 1.39. The number of ether oxygens (including phenoxy) is 1. The van der Waals surface area contributed by atoms with Gasteiger partial charge < -0.3 is 10.1 Å². The van der Waals surface area contributed by atoms with Gasteiger partial charge in [-0.1, -0.05) is 13.8 Å². The maximum atomic E-state index is 11.9. The fourth-order valence-corrected chi connectivity index (χ4v) is 1.62. The molecule has 18 heavy (non-hydrogen) atoms. The van der Waals surface area contributed by atoms with Crippen LogP contribution in [0.25, 0.3) is 0 Å². The van der Waals surface area contributed by atoms with Crippen LogP contribution in [0.2, 0.25) is 0 Å². The van der Waals surface area contributed by atoms with Crippen molar-refractivity contribution in [2.24, 2.45) is 5.41 Å². The van der Waals surface area contributed by atoms with Crippen LogP contribution in [0.5, 0.6) is 0 Å². The summed E-state index contributed by atoms with van der Waals surface area (Å²) in [6.07, 6.45) is 2.52. The molecule has 0 radical (unpaired) electrons. The van der Waals surface area contributed by atoms with Crippen LogP contribution in [0.15, 0.2) is 22.8 Å². The van der Waals surface area contributed by atoms with E-state index in [2.05, 4.69) is 40.1 Å². The molecule has 0 saturated heterocycles. The molecule has 0 aliphatic carbocycles. The third-order valence-electron chi connectivity index (χ3n) is 2.67. The molecule has 0 atom stereocenters.